The Balaban J connectivity index is 0. The molecule has 0 N–H and O–H groups in total. The normalized spacial score (nSPS) is 8.94. The molecule has 1 rings (SSSR count). The van der Waals surface area contributed by atoms with Crippen LogP contribution in [0.3, 0.4) is 0 Å². The summed E-state index contributed by atoms with van der Waals surface area (Å²) < 4.78 is 0. The molecular formula is C16H28. The fourth-order valence-corrected chi connectivity index (χ4v) is 1.27. The van der Waals surface area contributed by atoms with E-state index in [4.69, 9.17) is 0 Å². The Bertz CT molecular complexity index is 282. The molecule has 0 aliphatic rings. The average Bonchev–Trinajstić information content (AvgIpc) is 2.37. The monoisotopic (exact) mass is 220 g/mol. The van der Waals surface area contributed by atoms with E-state index in [0.717, 1.165) is 6.42 Å². The molecule has 1 aromatic carbocycles. The molecule has 0 aliphatic heterocycles. The van der Waals surface area contributed by atoms with Crippen LogP contribution in [0.25, 0.3) is 6.08 Å². The minimum absolute atomic E-state index is 1.12. The molecule has 0 heteroatoms. The first-order valence-corrected chi connectivity index (χ1v) is 6.50. The van der Waals surface area contributed by atoms with E-state index < -0.39 is 0 Å². The van der Waals surface area contributed by atoms with Crippen LogP contribution in [0.2, 0.25) is 0 Å². The Labute approximate surface area is 102 Å². The van der Waals surface area contributed by atoms with Gasteiger partial charge in [-0.2, -0.15) is 0 Å². The molecule has 0 nitrogen and oxygen atoms in total. The Morgan fingerprint density at radius 1 is 1.06 bits per heavy atom. The van der Waals surface area contributed by atoms with Crippen LogP contribution in [0.1, 0.15) is 58.2 Å². The third-order valence-corrected chi connectivity index (χ3v) is 2.10. The van der Waals surface area contributed by atoms with Crippen molar-refractivity contribution in [3.8, 4) is 0 Å². The number of rotatable bonds is 2. The number of aryl methyl sites for hydroxylation is 2. The molecule has 0 aromatic heterocycles. The molecule has 92 valence electrons. The SMILES string of the molecule is C/C=C\c1cc(CC)ccc1C.CC.CC. The van der Waals surface area contributed by atoms with Crippen molar-refractivity contribution in [1.29, 1.82) is 0 Å². The van der Waals surface area contributed by atoms with Gasteiger partial charge in [0.1, 0.15) is 0 Å². The molecular weight excluding hydrogens is 192 g/mol. The highest BCUT2D eigenvalue weighted by Crippen LogP contribution is 2.13. The second-order valence-corrected chi connectivity index (χ2v) is 3.04. The van der Waals surface area contributed by atoms with Crippen molar-refractivity contribution >= 4 is 6.08 Å². The van der Waals surface area contributed by atoms with Crippen LogP contribution in [0, 0.1) is 6.92 Å². The lowest BCUT2D eigenvalue weighted by Crippen LogP contribution is -1.85. The maximum Gasteiger partial charge on any atom is -0.0228 e. The van der Waals surface area contributed by atoms with E-state index >= 15 is 0 Å². The van der Waals surface area contributed by atoms with Crippen molar-refractivity contribution in [2.75, 3.05) is 0 Å². The minimum Gasteiger partial charge on any atom is -0.0871 e. The van der Waals surface area contributed by atoms with Gasteiger partial charge in [-0.05, 0) is 37.0 Å². The summed E-state index contributed by atoms with van der Waals surface area (Å²) in [4.78, 5) is 0. The standard InChI is InChI=1S/C12H16.2C2H6/c1-4-6-12-9-11(5-2)8-7-10(12)3;2*1-2/h4,6-9H,5H2,1-3H3;2*1-2H3/b6-4-;;. The quantitative estimate of drug-likeness (QED) is 0.604. The van der Waals surface area contributed by atoms with Gasteiger partial charge in [0.2, 0.25) is 0 Å². The zero-order chi connectivity index (χ0) is 13.0. The molecule has 0 saturated carbocycles. The van der Waals surface area contributed by atoms with Gasteiger partial charge in [-0.25, -0.2) is 0 Å². The molecule has 0 spiro atoms. The summed E-state index contributed by atoms with van der Waals surface area (Å²) in [5.74, 6) is 0. The topological polar surface area (TPSA) is 0 Å². The smallest absolute Gasteiger partial charge is 0.0228 e. The van der Waals surface area contributed by atoms with Gasteiger partial charge in [-0.3, -0.25) is 0 Å². The van der Waals surface area contributed by atoms with Crippen LogP contribution in [0.4, 0.5) is 0 Å². The molecule has 0 unspecified atom stereocenters. The van der Waals surface area contributed by atoms with Crippen LogP contribution >= 0.6 is 0 Å². The predicted octanol–water partition coefficient (Wildman–Crippen LogP) is 5.64. The number of allylic oxidation sites excluding steroid dienone is 1. The molecule has 0 aliphatic carbocycles. The van der Waals surface area contributed by atoms with Crippen molar-refractivity contribution < 1.29 is 0 Å². The second kappa shape index (κ2) is 12.0. The molecule has 0 radical (unpaired) electrons. The minimum atomic E-state index is 1.12. The van der Waals surface area contributed by atoms with Crippen LogP contribution in [0.15, 0.2) is 24.3 Å². The van der Waals surface area contributed by atoms with Crippen molar-refractivity contribution in [3.05, 3.63) is 41.0 Å². The maximum atomic E-state index is 2.26. The van der Waals surface area contributed by atoms with E-state index in [9.17, 15) is 0 Å². The van der Waals surface area contributed by atoms with E-state index in [0.29, 0.717) is 0 Å². The van der Waals surface area contributed by atoms with Crippen LogP contribution < -0.4 is 0 Å². The van der Waals surface area contributed by atoms with Gasteiger partial charge < -0.3 is 0 Å². The number of hydrogen-bond acceptors (Lipinski definition) is 0. The van der Waals surface area contributed by atoms with E-state index in [-0.39, 0.29) is 0 Å². The highest BCUT2D eigenvalue weighted by molar-refractivity contribution is 5.54. The van der Waals surface area contributed by atoms with Crippen molar-refractivity contribution in [3.63, 3.8) is 0 Å². The van der Waals surface area contributed by atoms with Gasteiger partial charge in [0, 0.05) is 0 Å². The summed E-state index contributed by atoms with van der Waals surface area (Å²) in [6, 6.07) is 6.64. The first-order chi connectivity index (χ1) is 7.77. The summed E-state index contributed by atoms with van der Waals surface area (Å²) in [5, 5.41) is 0. The van der Waals surface area contributed by atoms with Gasteiger partial charge in [-0.15, -0.1) is 0 Å². The summed E-state index contributed by atoms with van der Waals surface area (Å²) in [7, 11) is 0. The molecule has 0 amide bonds. The van der Waals surface area contributed by atoms with Gasteiger partial charge in [0.05, 0.1) is 0 Å². The van der Waals surface area contributed by atoms with Gasteiger partial charge in [0.25, 0.3) is 0 Å². The molecule has 0 fully saturated rings. The van der Waals surface area contributed by atoms with Crippen LogP contribution in [-0.4, -0.2) is 0 Å². The zero-order valence-corrected chi connectivity index (χ0v) is 12.1. The summed E-state index contributed by atoms with van der Waals surface area (Å²) >= 11 is 0. The Hall–Kier alpha value is -1.04. The van der Waals surface area contributed by atoms with Crippen molar-refractivity contribution in [2.24, 2.45) is 0 Å². The molecule has 0 saturated heterocycles. The summed E-state index contributed by atoms with van der Waals surface area (Å²) in [6.45, 7) is 14.4. The molecule has 0 atom stereocenters. The van der Waals surface area contributed by atoms with Gasteiger partial charge >= 0.3 is 0 Å². The first-order valence-electron chi connectivity index (χ1n) is 6.50. The van der Waals surface area contributed by atoms with E-state index in [1.54, 1.807) is 0 Å². The first kappa shape index (κ1) is 17.4. The lowest BCUT2D eigenvalue weighted by molar-refractivity contribution is 1.13. The molecule has 16 heavy (non-hydrogen) atoms. The van der Waals surface area contributed by atoms with E-state index in [1.165, 1.54) is 16.7 Å². The Morgan fingerprint density at radius 2 is 1.62 bits per heavy atom. The van der Waals surface area contributed by atoms with Gasteiger partial charge in [0.15, 0.2) is 0 Å². The van der Waals surface area contributed by atoms with Gasteiger partial charge in [-0.1, -0.05) is 65.0 Å². The largest absolute Gasteiger partial charge is 0.0871 e. The lowest BCUT2D eigenvalue weighted by atomic mass is 10.0. The third-order valence-electron chi connectivity index (χ3n) is 2.10. The molecule has 0 bridgehead atoms. The Kier molecular flexibility index (Phi) is 13.1. The van der Waals surface area contributed by atoms with Crippen LogP contribution in [0.5, 0.6) is 0 Å². The second-order valence-electron chi connectivity index (χ2n) is 3.04. The average molecular weight is 220 g/mol. The lowest BCUT2D eigenvalue weighted by Gasteiger charge is -2.02. The van der Waals surface area contributed by atoms with E-state index in [2.05, 4.69) is 51.1 Å². The zero-order valence-electron chi connectivity index (χ0n) is 12.1. The number of benzene rings is 1. The third kappa shape index (κ3) is 6.44. The van der Waals surface area contributed by atoms with E-state index in [1.807, 2.05) is 27.7 Å². The molecule has 1 aromatic rings. The highest BCUT2D eigenvalue weighted by atomic mass is 14.0. The Morgan fingerprint density at radius 3 is 2.06 bits per heavy atom. The highest BCUT2D eigenvalue weighted by Gasteiger charge is 1.94. The van der Waals surface area contributed by atoms with Crippen LogP contribution in [-0.2, 0) is 6.42 Å². The van der Waals surface area contributed by atoms with Crippen molar-refractivity contribution in [1.82, 2.24) is 0 Å². The number of hydrogen-bond donors (Lipinski definition) is 0. The summed E-state index contributed by atoms with van der Waals surface area (Å²) in [6.07, 6.45) is 5.36. The molecule has 0 heterocycles. The van der Waals surface area contributed by atoms with Crippen molar-refractivity contribution in [2.45, 2.75) is 54.9 Å². The fraction of sp³-hybridized carbons (Fsp3) is 0.500. The summed E-state index contributed by atoms with van der Waals surface area (Å²) in [5.41, 5.74) is 4.11. The maximum absolute atomic E-state index is 2.26. The fourth-order valence-electron chi connectivity index (χ4n) is 1.27. The predicted molar refractivity (Wildman–Crippen MR) is 78.0 cm³/mol.